The van der Waals surface area contributed by atoms with Gasteiger partial charge in [0.2, 0.25) is 11.3 Å². The molecule has 0 spiro atoms. The number of nitrogens with one attached hydrogen (secondary N) is 2. The monoisotopic (exact) mass is 374 g/mol. The number of carbonyl (C=O) groups excluding carboxylic acids is 2. The topological polar surface area (TPSA) is 122 Å². The fraction of sp³-hybridized carbons (Fsp3) is 0.812. The predicted molar refractivity (Wildman–Crippen MR) is 90.8 cm³/mol. The van der Waals surface area contributed by atoms with E-state index < -0.39 is 34.5 Å². The Labute approximate surface area is 149 Å². The molecule has 0 heterocycles. The lowest BCUT2D eigenvalue weighted by Gasteiger charge is -2.35. The summed E-state index contributed by atoms with van der Waals surface area (Å²) in [5.41, 5.74) is -0.779. The molecule has 4 atom stereocenters. The van der Waals surface area contributed by atoms with Gasteiger partial charge in [0.05, 0.1) is 31.0 Å². The lowest BCUT2D eigenvalue weighted by molar-refractivity contribution is -0.139. The highest BCUT2D eigenvalue weighted by Crippen LogP contribution is 2.63. The van der Waals surface area contributed by atoms with Crippen LogP contribution in [-0.2, 0) is 29.8 Å². The predicted octanol–water partition coefficient (Wildman–Crippen LogP) is 0.198. The zero-order chi connectivity index (χ0) is 18.8. The first kappa shape index (κ1) is 20.2. The number of fused-ring (bicyclic) bond motifs is 2. The van der Waals surface area contributed by atoms with Crippen molar-refractivity contribution in [3.05, 3.63) is 0 Å². The fourth-order valence-electron chi connectivity index (χ4n) is 4.11. The maximum absolute atomic E-state index is 12.4. The minimum absolute atomic E-state index is 0.0632. The van der Waals surface area contributed by atoms with Crippen molar-refractivity contribution in [2.45, 2.75) is 45.6 Å². The molecule has 3 N–H and O–H groups in total. The summed E-state index contributed by atoms with van der Waals surface area (Å²) in [6.45, 7) is 3.90. The SMILES string of the molecule is CNC(CC(=O)O)C(=O)CNS(=O)OCC12CCC(CC1=O)C2(C)C. The minimum atomic E-state index is -1.92. The van der Waals surface area contributed by atoms with Gasteiger partial charge in [-0.3, -0.25) is 18.6 Å². The van der Waals surface area contributed by atoms with Gasteiger partial charge in [0, 0.05) is 6.42 Å². The van der Waals surface area contributed by atoms with Crippen molar-refractivity contribution in [2.24, 2.45) is 16.7 Å². The Balaban J connectivity index is 1.84. The number of ketones is 2. The average molecular weight is 374 g/mol. The number of carbonyl (C=O) groups is 3. The van der Waals surface area contributed by atoms with Crippen LogP contribution in [0.2, 0.25) is 0 Å². The summed E-state index contributed by atoms with van der Waals surface area (Å²) in [6, 6.07) is -0.855. The van der Waals surface area contributed by atoms with Crippen molar-refractivity contribution >= 4 is 28.8 Å². The molecule has 0 aromatic heterocycles. The average Bonchev–Trinajstić information content (AvgIpc) is 2.90. The van der Waals surface area contributed by atoms with Crippen molar-refractivity contribution in [1.82, 2.24) is 10.0 Å². The number of Topliss-reactive ketones (excluding diaryl/α,β-unsaturated/α-hetero) is 2. The molecule has 2 saturated carbocycles. The van der Waals surface area contributed by atoms with Gasteiger partial charge in [0.15, 0.2) is 5.78 Å². The molecule has 142 valence electrons. The van der Waals surface area contributed by atoms with Crippen LogP contribution in [0.25, 0.3) is 0 Å². The van der Waals surface area contributed by atoms with E-state index in [0.717, 1.165) is 12.8 Å². The van der Waals surface area contributed by atoms with Gasteiger partial charge in [-0.1, -0.05) is 13.8 Å². The number of hydrogen-bond acceptors (Lipinski definition) is 6. The number of likely N-dealkylation sites (N-methyl/N-ethyl adjacent to an activating group) is 1. The first-order chi connectivity index (χ1) is 11.6. The summed E-state index contributed by atoms with van der Waals surface area (Å²) >= 11 is -1.92. The molecule has 2 aliphatic carbocycles. The Bertz CT molecular complexity index is 593. The van der Waals surface area contributed by atoms with Crippen molar-refractivity contribution in [2.75, 3.05) is 20.2 Å². The van der Waals surface area contributed by atoms with Crippen LogP contribution in [-0.4, -0.2) is 53.1 Å². The third-order valence-electron chi connectivity index (χ3n) is 6.03. The summed E-state index contributed by atoms with van der Waals surface area (Å²) in [7, 11) is 1.49. The second-order valence-electron chi connectivity index (χ2n) is 7.39. The van der Waals surface area contributed by atoms with Crippen molar-refractivity contribution in [3.63, 3.8) is 0 Å². The van der Waals surface area contributed by atoms with E-state index in [1.54, 1.807) is 0 Å². The van der Waals surface area contributed by atoms with Crippen LogP contribution >= 0.6 is 0 Å². The van der Waals surface area contributed by atoms with Crippen LogP contribution < -0.4 is 10.0 Å². The number of rotatable bonds is 10. The molecule has 0 aromatic rings. The smallest absolute Gasteiger partial charge is 0.305 e. The van der Waals surface area contributed by atoms with Crippen LogP contribution in [0, 0.1) is 16.7 Å². The quantitative estimate of drug-likeness (QED) is 0.499. The number of aliphatic carboxylic acids is 1. The Morgan fingerprint density at radius 1 is 1.44 bits per heavy atom. The van der Waals surface area contributed by atoms with Crippen LogP contribution in [0.3, 0.4) is 0 Å². The zero-order valence-electron chi connectivity index (χ0n) is 14.8. The minimum Gasteiger partial charge on any atom is -0.481 e. The second-order valence-corrected chi connectivity index (χ2v) is 8.38. The Kier molecular flexibility index (Phi) is 6.13. The number of carboxylic acid groups (broad SMARTS) is 1. The highest BCUT2D eigenvalue weighted by Gasteiger charge is 2.64. The maximum atomic E-state index is 12.4. The largest absolute Gasteiger partial charge is 0.481 e. The molecule has 2 bridgehead atoms. The van der Waals surface area contributed by atoms with E-state index in [4.69, 9.17) is 9.29 Å². The van der Waals surface area contributed by atoms with Crippen molar-refractivity contribution in [3.8, 4) is 0 Å². The van der Waals surface area contributed by atoms with E-state index >= 15 is 0 Å². The van der Waals surface area contributed by atoms with Crippen LogP contribution in [0.1, 0.15) is 39.5 Å². The van der Waals surface area contributed by atoms with Crippen LogP contribution in [0.4, 0.5) is 0 Å². The van der Waals surface area contributed by atoms with Gasteiger partial charge >= 0.3 is 5.97 Å². The second kappa shape index (κ2) is 7.61. The van der Waals surface area contributed by atoms with Crippen molar-refractivity contribution < 1.29 is 27.9 Å². The van der Waals surface area contributed by atoms with Gasteiger partial charge in [-0.25, -0.2) is 8.93 Å². The van der Waals surface area contributed by atoms with Gasteiger partial charge in [-0.2, -0.15) is 0 Å². The van der Waals surface area contributed by atoms with E-state index in [1.165, 1.54) is 7.05 Å². The van der Waals surface area contributed by atoms with E-state index in [1.807, 2.05) is 0 Å². The van der Waals surface area contributed by atoms with Gasteiger partial charge in [-0.15, -0.1) is 0 Å². The van der Waals surface area contributed by atoms with Gasteiger partial charge in [0.25, 0.3) is 0 Å². The lowest BCUT2D eigenvalue weighted by atomic mass is 9.69. The first-order valence-corrected chi connectivity index (χ1v) is 9.45. The molecule has 0 aromatic carbocycles. The molecule has 8 nitrogen and oxygen atoms in total. The lowest BCUT2D eigenvalue weighted by Crippen LogP contribution is -2.43. The molecular formula is C16H26N2O6S. The molecule has 2 aliphatic rings. The maximum Gasteiger partial charge on any atom is 0.305 e. The Hall–Kier alpha value is -1.16. The highest BCUT2D eigenvalue weighted by atomic mass is 32.2. The normalized spacial score (nSPS) is 29.6. The highest BCUT2D eigenvalue weighted by molar-refractivity contribution is 7.78. The standard InChI is InChI=1S/C16H26N2O6S/c1-15(2)10-4-5-16(15,13(20)6-10)9-24-25(23)18-8-12(19)11(17-3)7-14(21)22/h10-11,17-18H,4-9H2,1-3H3,(H,21,22). The van der Waals surface area contributed by atoms with E-state index in [2.05, 4.69) is 23.9 Å². The summed E-state index contributed by atoms with van der Waals surface area (Å²) in [5, 5.41) is 11.4. The summed E-state index contributed by atoms with van der Waals surface area (Å²) in [5.74, 6) is -1.00. The molecule has 2 fully saturated rings. The van der Waals surface area contributed by atoms with Gasteiger partial charge in [0.1, 0.15) is 5.78 Å². The van der Waals surface area contributed by atoms with Crippen LogP contribution in [0.5, 0.6) is 0 Å². The van der Waals surface area contributed by atoms with Gasteiger partial charge in [-0.05, 0) is 31.2 Å². The van der Waals surface area contributed by atoms with E-state index in [9.17, 15) is 18.6 Å². The molecule has 4 unspecified atom stereocenters. The third kappa shape index (κ3) is 3.84. The first-order valence-electron chi connectivity index (χ1n) is 8.37. The van der Waals surface area contributed by atoms with Crippen molar-refractivity contribution in [1.29, 1.82) is 0 Å². The van der Waals surface area contributed by atoms with E-state index in [-0.39, 0.29) is 30.8 Å². The Morgan fingerprint density at radius 2 is 2.12 bits per heavy atom. The summed E-state index contributed by atoms with van der Waals surface area (Å²) in [6.07, 6.45) is 1.91. The molecule has 0 aliphatic heterocycles. The molecule has 0 amide bonds. The zero-order valence-corrected chi connectivity index (χ0v) is 15.6. The Morgan fingerprint density at radius 3 is 2.60 bits per heavy atom. The number of carboxylic acids is 1. The number of hydrogen-bond donors (Lipinski definition) is 3. The summed E-state index contributed by atoms with van der Waals surface area (Å²) in [4.78, 5) is 35.0. The molecular weight excluding hydrogens is 348 g/mol. The van der Waals surface area contributed by atoms with Gasteiger partial charge < -0.3 is 10.4 Å². The summed E-state index contributed by atoms with van der Waals surface area (Å²) < 4.78 is 19.8. The van der Waals surface area contributed by atoms with E-state index in [0.29, 0.717) is 12.3 Å². The fourth-order valence-corrected chi connectivity index (χ4v) is 4.76. The molecule has 0 saturated heterocycles. The van der Waals surface area contributed by atoms with Crippen LogP contribution in [0.15, 0.2) is 0 Å². The third-order valence-corrected chi connectivity index (χ3v) is 6.74. The molecule has 25 heavy (non-hydrogen) atoms. The molecule has 9 heteroatoms. The molecule has 2 rings (SSSR count). The molecule has 0 radical (unpaired) electrons.